The average Bonchev–Trinajstić information content (AvgIpc) is 3.16. The fourth-order valence-electron chi connectivity index (χ4n) is 2.95. The van der Waals surface area contributed by atoms with Gasteiger partial charge < -0.3 is 14.7 Å². The summed E-state index contributed by atoms with van der Waals surface area (Å²) in [5.41, 5.74) is 2.56. The summed E-state index contributed by atoms with van der Waals surface area (Å²) in [6.07, 6.45) is 4.97. The van der Waals surface area contributed by atoms with Crippen LogP contribution < -0.4 is 4.74 Å². The number of aromatic nitrogens is 2. The summed E-state index contributed by atoms with van der Waals surface area (Å²) < 4.78 is 5.44. The van der Waals surface area contributed by atoms with Crippen molar-refractivity contribution in [1.82, 2.24) is 20.0 Å². The van der Waals surface area contributed by atoms with Crippen LogP contribution in [0.1, 0.15) is 11.1 Å². The molecule has 1 aliphatic heterocycles. The zero-order chi connectivity index (χ0) is 17.9. The Morgan fingerprint density at radius 1 is 1.24 bits per heavy atom. The summed E-state index contributed by atoms with van der Waals surface area (Å²) in [6.45, 7) is 6.33. The van der Waals surface area contributed by atoms with Gasteiger partial charge in [-0.25, -0.2) is 0 Å². The molecular weight excluding hydrogens is 320 g/mol. The first-order valence-electron chi connectivity index (χ1n) is 8.39. The molecule has 0 saturated carbocycles. The number of hydrogen-bond donors (Lipinski definition) is 2. The lowest BCUT2D eigenvalue weighted by Gasteiger charge is -2.34. The summed E-state index contributed by atoms with van der Waals surface area (Å²) in [7, 11) is 1.74. The Kier molecular flexibility index (Phi) is 7.94. The molecule has 2 aromatic rings. The van der Waals surface area contributed by atoms with E-state index in [2.05, 4.69) is 32.1 Å². The van der Waals surface area contributed by atoms with Crippen molar-refractivity contribution in [3.05, 3.63) is 47.8 Å². The van der Waals surface area contributed by atoms with Gasteiger partial charge in [-0.2, -0.15) is 5.10 Å². The molecule has 7 nitrogen and oxygen atoms in total. The summed E-state index contributed by atoms with van der Waals surface area (Å²) >= 11 is 0. The second-order valence-electron chi connectivity index (χ2n) is 5.89. The third-order valence-electron chi connectivity index (χ3n) is 4.32. The van der Waals surface area contributed by atoms with Crippen molar-refractivity contribution in [2.75, 3.05) is 39.8 Å². The molecule has 25 heavy (non-hydrogen) atoms. The normalized spacial score (nSPS) is 15.2. The van der Waals surface area contributed by atoms with Crippen LogP contribution in [0.5, 0.6) is 5.75 Å². The first-order chi connectivity index (χ1) is 12.3. The molecular formula is C18H26N4O3. The van der Waals surface area contributed by atoms with E-state index < -0.39 is 0 Å². The topological polar surface area (TPSA) is 81.7 Å². The largest absolute Gasteiger partial charge is 0.496 e. The second-order valence-corrected chi connectivity index (χ2v) is 5.89. The molecule has 0 unspecified atom stereocenters. The number of H-pyrrole nitrogens is 1. The lowest BCUT2D eigenvalue weighted by molar-refractivity contribution is -0.122. The van der Waals surface area contributed by atoms with Crippen LogP contribution in [0.3, 0.4) is 0 Å². The predicted octanol–water partition coefficient (Wildman–Crippen LogP) is 1.48. The SMILES string of the molecule is COc1ccccc1CN1CCN(CCc2cn[nH]c2)CC1.O=CO. The quantitative estimate of drug-likeness (QED) is 0.771. The van der Waals surface area contributed by atoms with Gasteiger partial charge in [-0.15, -0.1) is 0 Å². The maximum Gasteiger partial charge on any atom is 0.290 e. The van der Waals surface area contributed by atoms with Crippen molar-refractivity contribution in [1.29, 1.82) is 0 Å². The highest BCUT2D eigenvalue weighted by molar-refractivity contribution is 5.33. The molecule has 136 valence electrons. The van der Waals surface area contributed by atoms with E-state index in [1.807, 2.05) is 24.5 Å². The molecule has 1 aliphatic rings. The monoisotopic (exact) mass is 346 g/mol. The van der Waals surface area contributed by atoms with E-state index in [1.165, 1.54) is 11.1 Å². The van der Waals surface area contributed by atoms with Gasteiger partial charge in [-0.1, -0.05) is 18.2 Å². The van der Waals surface area contributed by atoms with Crippen LogP contribution in [0, 0.1) is 0 Å². The van der Waals surface area contributed by atoms with Crippen LogP contribution in [0.25, 0.3) is 0 Å². The lowest BCUT2D eigenvalue weighted by atomic mass is 10.1. The summed E-state index contributed by atoms with van der Waals surface area (Å²) in [4.78, 5) is 13.4. The first-order valence-corrected chi connectivity index (χ1v) is 8.39. The van der Waals surface area contributed by atoms with E-state index in [1.54, 1.807) is 7.11 Å². The minimum absolute atomic E-state index is 0.250. The summed E-state index contributed by atoms with van der Waals surface area (Å²) in [6, 6.07) is 8.30. The third-order valence-corrected chi connectivity index (χ3v) is 4.32. The maximum atomic E-state index is 8.36. The van der Waals surface area contributed by atoms with Crippen LogP contribution in [0.15, 0.2) is 36.7 Å². The highest BCUT2D eigenvalue weighted by Crippen LogP contribution is 2.19. The standard InChI is InChI=1S/C17H24N4O.CH2O2/c1-22-17-5-3-2-4-16(17)14-21-10-8-20(9-11-21)7-6-15-12-18-19-13-15;2-1-3/h2-5,12-13H,6-11,14H2,1H3,(H,18,19);1H,(H,2,3). The average molecular weight is 346 g/mol. The van der Waals surface area contributed by atoms with Crippen molar-refractivity contribution in [3.63, 3.8) is 0 Å². The van der Waals surface area contributed by atoms with Gasteiger partial charge in [0.05, 0.1) is 13.3 Å². The number of carboxylic acid groups (broad SMARTS) is 1. The number of ether oxygens (including phenoxy) is 1. The van der Waals surface area contributed by atoms with Crippen molar-refractivity contribution in [2.24, 2.45) is 0 Å². The van der Waals surface area contributed by atoms with Gasteiger partial charge in [0.1, 0.15) is 5.75 Å². The van der Waals surface area contributed by atoms with E-state index in [0.29, 0.717) is 0 Å². The Morgan fingerprint density at radius 3 is 2.56 bits per heavy atom. The fourth-order valence-corrected chi connectivity index (χ4v) is 2.95. The number of methoxy groups -OCH3 is 1. The number of nitrogens with one attached hydrogen (secondary N) is 1. The first kappa shape index (κ1) is 19.0. The zero-order valence-electron chi connectivity index (χ0n) is 14.6. The van der Waals surface area contributed by atoms with Crippen molar-refractivity contribution in [2.45, 2.75) is 13.0 Å². The van der Waals surface area contributed by atoms with E-state index in [0.717, 1.165) is 51.4 Å². The van der Waals surface area contributed by atoms with Gasteiger partial charge in [0.25, 0.3) is 6.47 Å². The number of carbonyl (C=O) groups is 1. The van der Waals surface area contributed by atoms with E-state index in [4.69, 9.17) is 14.6 Å². The van der Waals surface area contributed by atoms with Crippen molar-refractivity contribution in [3.8, 4) is 5.75 Å². The number of aromatic amines is 1. The molecule has 2 heterocycles. The molecule has 0 spiro atoms. The molecule has 0 atom stereocenters. The molecule has 0 aliphatic carbocycles. The Morgan fingerprint density at radius 2 is 1.92 bits per heavy atom. The molecule has 0 bridgehead atoms. The fraction of sp³-hybridized carbons (Fsp3) is 0.444. The molecule has 0 amide bonds. The van der Waals surface area contributed by atoms with Gasteiger partial charge in [0, 0.05) is 51.0 Å². The number of benzene rings is 1. The second kappa shape index (κ2) is 10.5. The molecule has 3 rings (SSSR count). The van der Waals surface area contributed by atoms with Gasteiger partial charge in [0.15, 0.2) is 0 Å². The molecule has 1 fully saturated rings. The van der Waals surface area contributed by atoms with Gasteiger partial charge in [0.2, 0.25) is 0 Å². The van der Waals surface area contributed by atoms with Crippen molar-refractivity contribution < 1.29 is 14.6 Å². The highest BCUT2D eigenvalue weighted by Gasteiger charge is 2.17. The molecule has 1 aromatic heterocycles. The summed E-state index contributed by atoms with van der Waals surface area (Å²) in [5.74, 6) is 0.991. The molecule has 1 aromatic carbocycles. The van der Waals surface area contributed by atoms with Crippen LogP contribution in [0.4, 0.5) is 0 Å². The summed E-state index contributed by atoms with van der Waals surface area (Å²) in [5, 5.41) is 13.8. The third kappa shape index (κ3) is 6.21. The van der Waals surface area contributed by atoms with Crippen LogP contribution in [0.2, 0.25) is 0 Å². The van der Waals surface area contributed by atoms with E-state index >= 15 is 0 Å². The minimum Gasteiger partial charge on any atom is -0.496 e. The number of hydrogen-bond acceptors (Lipinski definition) is 5. The Balaban J connectivity index is 0.000000701. The highest BCUT2D eigenvalue weighted by atomic mass is 16.5. The number of para-hydroxylation sites is 1. The van der Waals surface area contributed by atoms with Gasteiger partial charge in [-0.05, 0) is 18.1 Å². The van der Waals surface area contributed by atoms with Crippen LogP contribution in [-0.4, -0.2) is 71.4 Å². The number of rotatable bonds is 6. The minimum atomic E-state index is -0.250. The van der Waals surface area contributed by atoms with E-state index in [9.17, 15) is 0 Å². The number of piperazine rings is 1. The predicted molar refractivity (Wildman–Crippen MR) is 95.7 cm³/mol. The molecule has 7 heteroatoms. The van der Waals surface area contributed by atoms with Crippen LogP contribution >= 0.6 is 0 Å². The van der Waals surface area contributed by atoms with Crippen molar-refractivity contribution >= 4 is 6.47 Å². The molecule has 0 radical (unpaired) electrons. The molecule has 1 saturated heterocycles. The van der Waals surface area contributed by atoms with Gasteiger partial charge in [-0.3, -0.25) is 14.8 Å². The Labute approximate surface area is 148 Å². The Hall–Kier alpha value is -2.38. The Bertz CT molecular complexity index is 611. The maximum absolute atomic E-state index is 8.36. The van der Waals surface area contributed by atoms with Crippen LogP contribution in [-0.2, 0) is 17.8 Å². The van der Waals surface area contributed by atoms with Gasteiger partial charge >= 0.3 is 0 Å². The zero-order valence-corrected chi connectivity index (χ0v) is 14.6. The lowest BCUT2D eigenvalue weighted by Crippen LogP contribution is -2.46. The van der Waals surface area contributed by atoms with E-state index in [-0.39, 0.29) is 6.47 Å². The molecule has 2 N–H and O–H groups in total. The smallest absolute Gasteiger partial charge is 0.290 e. The number of nitrogens with zero attached hydrogens (tertiary/aromatic N) is 3.